The minimum Gasteiger partial charge on any atom is -0.486 e. The molecule has 20 heavy (non-hydrogen) atoms. The lowest BCUT2D eigenvalue weighted by molar-refractivity contribution is 0.183. The molecule has 1 atom stereocenters. The van der Waals surface area contributed by atoms with Crippen LogP contribution in [0.2, 0.25) is 0 Å². The number of halogens is 1. The van der Waals surface area contributed by atoms with Crippen molar-refractivity contribution in [1.82, 2.24) is 0 Å². The van der Waals surface area contributed by atoms with E-state index in [2.05, 4.69) is 46.3 Å². The molecule has 3 rings (SSSR count). The fourth-order valence-electron chi connectivity index (χ4n) is 2.69. The summed E-state index contributed by atoms with van der Waals surface area (Å²) in [5.41, 5.74) is 3.26. The van der Waals surface area contributed by atoms with E-state index in [-0.39, 0.29) is 6.10 Å². The predicted octanol–water partition coefficient (Wildman–Crippen LogP) is 4.78. The summed E-state index contributed by atoms with van der Waals surface area (Å²) in [5.74, 6) is 0.748. The van der Waals surface area contributed by atoms with E-state index in [1.165, 1.54) is 11.1 Å². The van der Waals surface area contributed by atoms with Crippen molar-refractivity contribution in [1.29, 1.82) is 5.26 Å². The molecule has 100 valence electrons. The Hall–Kier alpha value is -1.79. The molecular formula is C17H14BrNO. The lowest BCUT2D eigenvalue weighted by atomic mass is 9.89. The van der Waals surface area contributed by atoms with E-state index in [1.807, 2.05) is 6.07 Å². The second kappa shape index (κ2) is 5.68. The Kier molecular flexibility index (Phi) is 3.75. The van der Waals surface area contributed by atoms with E-state index in [0.717, 1.165) is 29.5 Å². The van der Waals surface area contributed by atoms with Gasteiger partial charge in [-0.05, 0) is 48.6 Å². The standard InChI is InChI=1S/C17H14BrNO/c18-14-8-12(11-19)9-15(10-14)20-17-7-3-5-13-4-1-2-6-16(13)17/h1-2,4,6,8-10,17H,3,5,7H2. The normalized spacial score (nSPS) is 17.1. The first-order valence-electron chi connectivity index (χ1n) is 6.71. The van der Waals surface area contributed by atoms with Gasteiger partial charge in [0.15, 0.2) is 0 Å². The van der Waals surface area contributed by atoms with Gasteiger partial charge in [0.25, 0.3) is 0 Å². The quantitative estimate of drug-likeness (QED) is 0.795. The molecule has 1 aliphatic carbocycles. The van der Waals surface area contributed by atoms with Crippen LogP contribution in [0.3, 0.4) is 0 Å². The van der Waals surface area contributed by atoms with Crippen LogP contribution in [0.4, 0.5) is 0 Å². The van der Waals surface area contributed by atoms with Gasteiger partial charge in [-0.15, -0.1) is 0 Å². The maximum absolute atomic E-state index is 9.02. The zero-order valence-corrected chi connectivity index (χ0v) is 12.6. The Labute approximate surface area is 127 Å². The molecular weight excluding hydrogens is 314 g/mol. The van der Waals surface area contributed by atoms with Gasteiger partial charge in [0, 0.05) is 4.47 Å². The number of hydrogen-bond donors (Lipinski definition) is 0. The Balaban J connectivity index is 1.89. The van der Waals surface area contributed by atoms with Crippen LogP contribution in [0.5, 0.6) is 5.75 Å². The van der Waals surface area contributed by atoms with Gasteiger partial charge in [0.2, 0.25) is 0 Å². The Morgan fingerprint density at radius 1 is 1.20 bits per heavy atom. The Morgan fingerprint density at radius 2 is 2.05 bits per heavy atom. The largest absolute Gasteiger partial charge is 0.486 e. The summed E-state index contributed by atoms with van der Waals surface area (Å²) >= 11 is 3.42. The highest BCUT2D eigenvalue weighted by atomic mass is 79.9. The van der Waals surface area contributed by atoms with Gasteiger partial charge in [-0.3, -0.25) is 0 Å². The summed E-state index contributed by atoms with van der Waals surface area (Å²) in [5, 5.41) is 9.02. The number of nitriles is 1. The first kappa shape index (κ1) is 13.2. The number of hydrogen-bond acceptors (Lipinski definition) is 2. The number of ether oxygens (including phenoxy) is 1. The maximum atomic E-state index is 9.02. The van der Waals surface area contributed by atoms with Crippen LogP contribution in [0.25, 0.3) is 0 Å². The zero-order valence-electron chi connectivity index (χ0n) is 11.0. The Morgan fingerprint density at radius 3 is 2.90 bits per heavy atom. The molecule has 2 aromatic rings. The average molecular weight is 328 g/mol. The van der Waals surface area contributed by atoms with Gasteiger partial charge >= 0.3 is 0 Å². The molecule has 0 aromatic heterocycles. The summed E-state index contributed by atoms with van der Waals surface area (Å²) in [4.78, 5) is 0. The molecule has 0 saturated carbocycles. The minimum atomic E-state index is 0.0841. The molecule has 1 aliphatic rings. The summed E-state index contributed by atoms with van der Waals surface area (Å²) in [6.07, 6.45) is 3.37. The van der Waals surface area contributed by atoms with Crippen molar-refractivity contribution >= 4 is 15.9 Å². The second-order valence-electron chi connectivity index (χ2n) is 4.98. The van der Waals surface area contributed by atoms with Crippen LogP contribution >= 0.6 is 15.9 Å². The highest BCUT2D eigenvalue weighted by molar-refractivity contribution is 9.10. The van der Waals surface area contributed by atoms with Crippen molar-refractivity contribution in [2.75, 3.05) is 0 Å². The maximum Gasteiger partial charge on any atom is 0.124 e. The minimum absolute atomic E-state index is 0.0841. The second-order valence-corrected chi connectivity index (χ2v) is 5.90. The first-order chi connectivity index (χ1) is 9.76. The van der Waals surface area contributed by atoms with Crippen molar-refractivity contribution in [3.05, 3.63) is 63.6 Å². The third-order valence-corrected chi connectivity index (χ3v) is 4.05. The van der Waals surface area contributed by atoms with E-state index in [0.29, 0.717) is 5.56 Å². The number of nitrogens with zero attached hydrogens (tertiary/aromatic N) is 1. The number of benzene rings is 2. The van der Waals surface area contributed by atoms with Gasteiger partial charge in [0.1, 0.15) is 11.9 Å². The highest BCUT2D eigenvalue weighted by Crippen LogP contribution is 2.34. The highest BCUT2D eigenvalue weighted by Gasteiger charge is 2.21. The molecule has 0 bridgehead atoms. The molecule has 2 nitrogen and oxygen atoms in total. The predicted molar refractivity (Wildman–Crippen MR) is 81.6 cm³/mol. The van der Waals surface area contributed by atoms with Gasteiger partial charge in [0.05, 0.1) is 11.6 Å². The number of fused-ring (bicyclic) bond motifs is 1. The molecule has 0 spiro atoms. The molecule has 0 saturated heterocycles. The zero-order chi connectivity index (χ0) is 13.9. The van der Waals surface area contributed by atoms with Gasteiger partial charge in [-0.25, -0.2) is 0 Å². The third kappa shape index (κ3) is 2.71. The van der Waals surface area contributed by atoms with Gasteiger partial charge in [-0.1, -0.05) is 40.2 Å². The fraction of sp³-hybridized carbons (Fsp3) is 0.235. The number of rotatable bonds is 2. The van der Waals surface area contributed by atoms with Crippen LogP contribution in [-0.2, 0) is 6.42 Å². The number of aryl methyl sites for hydroxylation is 1. The van der Waals surface area contributed by atoms with E-state index in [4.69, 9.17) is 10.00 Å². The van der Waals surface area contributed by atoms with Gasteiger partial charge in [-0.2, -0.15) is 5.26 Å². The Bertz CT molecular complexity index is 675. The third-order valence-electron chi connectivity index (χ3n) is 3.59. The van der Waals surface area contributed by atoms with Crippen LogP contribution < -0.4 is 4.74 Å². The molecule has 2 aromatic carbocycles. The summed E-state index contributed by atoms with van der Waals surface area (Å²) in [7, 11) is 0. The molecule has 1 unspecified atom stereocenters. The van der Waals surface area contributed by atoms with E-state index >= 15 is 0 Å². The SMILES string of the molecule is N#Cc1cc(Br)cc(OC2CCCc3ccccc32)c1. The summed E-state index contributed by atoms with van der Waals surface area (Å²) in [6.45, 7) is 0. The van der Waals surface area contributed by atoms with Crippen LogP contribution in [-0.4, -0.2) is 0 Å². The van der Waals surface area contributed by atoms with Crippen molar-refractivity contribution in [3.8, 4) is 11.8 Å². The summed E-state index contributed by atoms with van der Waals surface area (Å²) < 4.78 is 6.99. The molecule has 0 N–H and O–H groups in total. The van der Waals surface area contributed by atoms with Crippen LogP contribution in [0.15, 0.2) is 46.9 Å². The van der Waals surface area contributed by atoms with Crippen LogP contribution in [0, 0.1) is 11.3 Å². The monoisotopic (exact) mass is 327 g/mol. The molecule has 0 amide bonds. The van der Waals surface area contributed by atoms with Gasteiger partial charge < -0.3 is 4.74 Å². The lowest BCUT2D eigenvalue weighted by Crippen LogP contribution is -2.15. The van der Waals surface area contributed by atoms with Crippen molar-refractivity contribution in [3.63, 3.8) is 0 Å². The van der Waals surface area contributed by atoms with E-state index in [9.17, 15) is 0 Å². The van der Waals surface area contributed by atoms with E-state index in [1.54, 1.807) is 12.1 Å². The lowest BCUT2D eigenvalue weighted by Gasteiger charge is -2.26. The van der Waals surface area contributed by atoms with Crippen molar-refractivity contribution in [2.45, 2.75) is 25.4 Å². The molecule has 0 fully saturated rings. The smallest absolute Gasteiger partial charge is 0.124 e. The van der Waals surface area contributed by atoms with E-state index < -0.39 is 0 Å². The molecule has 3 heteroatoms. The summed E-state index contributed by atoms with van der Waals surface area (Å²) in [6, 6.07) is 16.1. The molecule has 0 aliphatic heterocycles. The average Bonchev–Trinajstić information content (AvgIpc) is 2.47. The van der Waals surface area contributed by atoms with Crippen LogP contribution in [0.1, 0.15) is 35.6 Å². The first-order valence-corrected chi connectivity index (χ1v) is 7.51. The molecule has 0 radical (unpaired) electrons. The molecule has 0 heterocycles. The fourth-order valence-corrected chi connectivity index (χ4v) is 3.16. The topological polar surface area (TPSA) is 33.0 Å². The van der Waals surface area contributed by atoms with Crippen molar-refractivity contribution in [2.24, 2.45) is 0 Å². The van der Waals surface area contributed by atoms with Crippen molar-refractivity contribution < 1.29 is 4.74 Å².